The number of nitrogens with one attached hydrogen (secondary N) is 1. The Hall–Kier alpha value is -2.44. The zero-order valence-electron chi connectivity index (χ0n) is 12.4. The van der Waals surface area contributed by atoms with Gasteiger partial charge in [0.05, 0.1) is 17.7 Å². The summed E-state index contributed by atoms with van der Waals surface area (Å²) >= 11 is 2.94. The van der Waals surface area contributed by atoms with Crippen molar-refractivity contribution in [1.29, 1.82) is 0 Å². The van der Waals surface area contributed by atoms with Gasteiger partial charge in [0.25, 0.3) is 0 Å². The van der Waals surface area contributed by atoms with Gasteiger partial charge in [-0.2, -0.15) is 5.10 Å². The van der Waals surface area contributed by atoms with Crippen molar-refractivity contribution in [2.45, 2.75) is 0 Å². The molecule has 0 saturated carbocycles. The molecule has 0 bridgehead atoms. The lowest BCUT2D eigenvalue weighted by atomic mass is 10.1. The van der Waals surface area contributed by atoms with Crippen molar-refractivity contribution in [1.82, 2.24) is 0 Å². The molecule has 0 fully saturated rings. The highest BCUT2D eigenvalue weighted by Crippen LogP contribution is 2.24. The summed E-state index contributed by atoms with van der Waals surface area (Å²) in [5, 5.41) is 8.38. The monoisotopic (exact) mass is 342 g/mol. The zero-order valence-corrected chi connectivity index (χ0v) is 14.0. The molecule has 3 aromatic rings. The molecule has 0 radical (unpaired) electrons. The second kappa shape index (κ2) is 7.21. The molecule has 2 aromatic heterocycles. The van der Waals surface area contributed by atoms with Crippen LogP contribution in [0, 0.1) is 0 Å². The van der Waals surface area contributed by atoms with Crippen LogP contribution in [0.2, 0.25) is 0 Å². The molecule has 0 aliphatic rings. The summed E-state index contributed by atoms with van der Waals surface area (Å²) in [7, 11) is 1.37. The number of hydrogen-bond donors (Lipinski definition) is 1. The second-order valence-corrected chi connectivity index (χ2v) is 6.43. The Bertz CT molecular complexity index is 808. The quantitative estimate of drug-likeness (QED) is 0.423. The highest BCUT2D eigenvalue weighted by molar-refractivity contribution is 7.12. The van der Waals surface area contributed by atoms with Crippen molar-refractivity contribution in [2.24, 2.45) is 5.10 Å². The van der Waals surface area contributed by atoms with E-state index in [2.05, 4.69) is 10.5 Å². The van der Waals surface area contributed by atoms with Gasteiger partial charge in [0.15, 0.2) is 0 Å². The van der Waals surface area contributed by atoms with Crippen molar-refractivity contribution >= 4 is 40.0 Å². The van der Waals surface area contributed by atoms with Crippen LogP contribution in [0.15, 0.2) is 64.4 Å². The van der Waals surface area contributed by atoms with E-state index in [0.717, 1.165) is 16.2 Å². The number of ether oxygens (including phenoxy) is 1. The smallest absolute Gasteiger partial charge is 0.350 e. The van der Waals surface area contributed by atoms with E-state index in [0.29, 0.717) is 10.6 Å². The maximum absolute atomic E-state index is 11.7. The molecule has 0 aliphatic carbocycles. The Kier molecular flexibility index (Phi) is 4.85. The van der Waals surface area contributed by atoms with Crippen LogP contribution in [0.1, 0.15) is 20.1 Å². The van der Waals surface area contributed by atoms with Gasteiger partial charge in [0, 0.05) is 5.56 Å². The molecule has 23 heavy (non-hydrogen) atoms. The van der Waals surface area contributed by atoms with Crippen molar-refractivity contribution in [3.63, 3.8) is 0 Å². The lowest BCUT2D eigenvalue weighted by Gasteiger charge is -2.06. The third-order valence-electron chi connectivity index (χ3n) is 3.13. The standard InChI is InChI=1S/C17H14N2O2S2/c1-21-17(20)16-13(9-11-23-16)18-19-15(14-8-5-10-22-14)12-6-3-2-4-7-12/h2-11,18H,1H3. The first-order valence-corrected chi connectivity index (χ1v) is 8.64. The van der Waals surface area contributed by atoms with Gasteiger partial charge in [-0.15, -0.1) is 22.7 Å². The van der Waals surface area contributed by atoms with Gasteiger partial charge in [0.1, 0.15) is 10.6 Å². The summed E-state index contributed by atoms with van der Waals surface area (Å²) in [5.74, 6) is -0.366. The molecule has 1 aromatic carbocycles. The topological polar surface area (TPSA) is 50.7 Å². The number of hydrogen-bond acceptors (Lipinski definition) is 6. The third kappa shape index (κ3) is 3.49. The molecule has 4 nitrogen and oxygen atoms in total. The summed E-state index contributed by atoms with van der Waals surface area (Å²) in [5.41, 5.74) is 5.49. The van der Waals surface area contributed by atoms with E-state index >= 15 is 0 Å². The van der Waals surface area contributed by atoms with Crippen molar-refractivity contribution in [2.75, 3.05) is 12.5 Å². The molecule has 6 heteroatoms. The number of esters is 1. The van der Waals surface area contributed by atoms with E-state index < -0.39 is 0 Å². The lowest BCUT2D eigenvalue weighted by Crippen LogP contribution is -2.06. The number of nitrogens with zero attached hydrogens (tertiary/aromatic N) is 1. The van der Waals surface area contributed by atoms with Gasteiger partial charge in [-0.25, -0.2) is 4.79 Å². The van der Waals surface area contributed by atoms with Crippen LogP contribution in [-0.2, 0) is 4.74 Å². The molecule has 2 heterocycles. The van der Waals surface area contributed by atoms with Crippen LogP contribution in [0.25, 0.3) is 0 Å². The number of methoxy groups -OCH3 is 1. The van der Waals surface area contributed by atoms with Crippen LogP contribution in [0.3, 0.4) is 0 Å². The first-order valence-electron chi connectivity index (χ1n) is 6.88. The number of rotatable bonds is 5. The van der Waals surface area contributed by atoms with E-state index in [1.165, 1.54) is 18.4 Å². The average Bonchev–Trinajstić information content (AvgIpc) is 3.27. The number of carbonyl (C=O) groups excluding carboxylic acids is 1. The maximum Gasteiger partial charge on any atom is 0.350 e. The number of carbonyl (C=O) groups is 1. The van der Waals surface area contributed by atoms with Crippen molar-refractivity contribution in [3.05, 3.63) is 74.6 Å². The molecular formula is C17H14N2O2S2. The fourth-order valence-electron chi connectivity index (χ4n) is 2.04. The Morgan fingerprint density at radius 1 is 1.04 bits per heavy atom. The van der Waals surface area contributed by atoms with Gasteiger partial charge in [0.2, 0.25) is 0 Å². The molecule has 0 spiro atoms. The normalized spacial score (nSPS) is 11.3. The second-order valence-electron chi connectivity index (χ2n) is 4.57. The van der Waals surface area contributed by atoms with Crippen LogP contribution in [0.4, 0.5) is 5.69 Å². The van der Waals surface area contributed by atoms with Crippen LogP contribution < -0.4 is 5.43 Å². The molecule has 3 rings (SSSR count). The van der Waals surface area contributed by atoms with E-state index in [1.807, 2.05) is 59.3 Å². The van der Waals surface area contributed by atoms with Crippen molar-refractivity contribution in [3.8, 4) is 0 Å². The van der Waals surface area contributed by atoms with E-state index in [4.69, 9.17) is 4.74 Å². The van der Waals surface area contributed by atoms with E-state index in [1.54, 1.807) is 11.3 Å². The summed E-state index contributed by atoms with van der Waals surface area (Å²) in [4.78, 5) is 13.3. The Labute approximate surface area is 142 Å². The molecule has 0 atom stereocenters. The predicted molar refractivity (Wildman–Crippen MR) is 95.7 cm³/mol. The van der Waals surface area contributed by atoms with Gasteiger partial charge in [-0.1, -0.05) is 36.4 Å². The maximum atomic E-state index is 11.7. The van der Waals surface area contributed by atoms with E-state index in [9.17, 15) is 4.79 Å². The fourth-order valence-corrected chi connectivity index (χ4v) is 3.53. The number of anilines is 1. The molecule has 1 N–H and O–H groups in total. The summed E-state index contributed by atoms with van der Waals surface area (Å²) in [6.45, 7) is 0. The molecular weight excluding hydrogens is 328 g/mol. The van der Waals surface area contributed by atoms with Crippen molar-refractivity contribution < 1.29 is 9.53 Å². The Morgan fingerprint density at radius 3 is 2.57 bits per heavy atom. The highest BCUT2D eigenvalue weighted by Gasteiger charge is 2.14. The Morgan fingerprint density at radius 2 is 1.87 bits per heavy atom. The number of hydrazone groups is 1. The zero-order chi connectivity index (χ0) is 16.1. The van der Waals surface area contributed by atoms with Crippen LogP contribution in [-0.4, -0.2) is 18.8 Å². The summed E-state index contributed by atoms with van der Waals surface area (Å²) in [6.07, 6.45) is 0. The minimum atomic E-state index is -0.366. The molecule has 0 unspecified atom stereocenters. The molecule has 0 saturated heterocycles. The summed E-state index contributed by atoms with van der Waals surface area (Å²) in [6, 6.07) is 15.8. The molecule has 116 valence electrons. The highest BCUT2D eigenvalue weighted by atomic mass is 32.1. The minimum absolute atomic E-state index is 0.366. The number of benzene rings is 1. The average molecular weight is 342 g/mol. The van der Waals surface area contributed by atoms with E-state index in [-0.39, 0.29) is 5.97 Å². The van der Waals surface area contributed by atoms with Gasteiger partial charge in [-0.3, -0.25) is 5.43 Å². The fraction of sp³-hybridized carbons (Fsp3) is 0.0588. The van der Waals surface area contributed by atoms with Gasteiger partial charge < -0.3 is 4.74 Å². The van der Waals surface area contributed by atoms with Gasteiger partial charge in [-0.05, 0) is 22.9 Å². The lowest BCUT2D eigenvalue weighted by molar-refractivity contribution is 0.0607. The molecule has 0 amide bonds. The van der Waals surface area contributed by atoms with Crippen LogP contribution >= 0.6 is 22.7 Å². The van der Waals surface area contributed by atoms with Gasteiger partial charge >= 0.3 is 5.97 Å². The number of thiophene rings is 2. The predicted octanol–water partition coefficient (Wildman–Crippen LogP) is 4.46. The minimum Gasteiger partial charge on any atom is -0.465 e. The first-order chi connectivity index (χ1) is 11.3. The van der Waals surface area contributed by atoms with Crippen LogP contribution in [0.5, 0.6) is 0 Å². The summed E-state index contributed by atoms with van der Waals surface area (Å²) < 4.78 is 4.78. The Balaban J connectivity index is 1.94. The SMILES string of the molecule is COC(=O)c1sccc1NN=C(c1ccccc1)c1cccs1. The third-order valence-corrected chi connectivity index (χ3v) is 4.90. The largest absolute Gasteiger partial charge is 0.465 e. The first kappa shape index (κ1) is 15.5. The molecule has 0 aliphatic heterocycles.